The van der Waals surface area contributed by atoms with Crippen LogP contribution >= 0.6 is 0 Å². The molecule has 0 aromatic carbocycles. The summed E-state index contributed by atoms with van der Waals surface area (Å²) in [4.78, 5) is 83.1. The molecule has 0 aromatic rings. The van der Waals surface area contributed by atoms with Crippen LogP contribution in [0.1, 0.15) is 169 Å². The first kappa shape index (κ1) is 51.6. The van der Waals surface area contributed by atoms with E-state index in [1.54, 1.807) is 6.92 Å². The molecule has 0 spiro atoms. The lowest BCUT2D eigenvalue weighted by atomic mass is 9.91. The lowest BCUT2D eigenvalue weighted by Crippen LogP contribution is -2.44. The Morgan fingerprint density at radius 2 is 0.891 bits per heavy atom. The van der Waals surface area contributed by atoms with Gasteiger partial charge in [-0.1, -0.05) is 111 Å². The van der Waals surface area contributed by atoms with Crippen LogP contribution in [0.4, 0.5) is 0 Å². The molecular weight excluding hydrogens is 710 g/mol. The quantitative estimate of drug-likeness (QED) is 0.0457. The van der Waals surface area contributed by atoms with Crippen molar-refractivity contribution in [1.29, 1.82) is 0 Å². The van der Waals surface area contributed by atoms with Crippen LogP contribution in [0.2, 0.25) is 0 Å². The number of carbonyl (C=O) groups is 7. The number of carbonyl (C=O) groups excluding carboxylic acids is 5. The molecule has 3 amide bonds. The first-order chi connectivity index (χ1) is 26.1. The van der Waals surface area contributed by atoms with Crippen LogP contribution in [0.15, 0.2) is 0 Å². The number of Topliss-reactive ketones (excluding diaryl/α,β-unsaturated/α-hetero) is 2. The van der Waals surface area contributed by atoms with Crippen LogP contribution in [0.3, 0.4) is 0 Å². The van der Waals surface area contributed by atoms with Crippen molar-refractivity contribution in [3.8, 4) is 0 Å². The van der Waals surface area contributed by atoms with Crippen molar-refractivity contribution in [2.75, 3.05) is 33.0 Å². The van der Waals surface area contributed by atoms with Crippen molar-refractivity contribution in [1.82, 2.24) is 16.0 Å². The van der Waals surface area contributed by atoms with E-state index >= 15 is 0 Å². The summed E-state index contributed by atoms with van der Waals surface area (Å²) in [7, 11) is 0. The van der Waals surface area contributed by atoms with E-state index in [1.165, 1.54) is 64.2 Å². The average molecular weight is 784 g/mol. The van der Waals surface area contributed by atoms with Gasteiger partial charge in [-0.25, -0.2) is 9.59 Å². The molecule has 14 nitrogen and oxygen atoms in total. The standard InChI is InChI=1S/C41H73N3O11/c1-32(45)21-19-17-15-13-11-9-7-5-6-8-10-12-14-16-18-20-22-37(48)43-34(40(52)53)24-26-38(49)44-33(39(50)51)23-25-36(47)42-27-28-54-29-30-55-31-35(46)41(2,3)4/h33-34H,5-31H2,1-4H3,(H,42,47)(H,43,48)(H,44,49)(H,50,51)(H,52,53)/t33-,34-/m0/s1. The molecule has 55 heavy (non-hydrogen) atoms. The Labute approximate surface area is 329 Å². The fourth-order valence-corrected chi connectivity index (χ4v) is 5.69. The largest absolute Gasteiger partial charge is 0.480 e. The molecule has 0 fully saturated rings. The minimum atomic E-state index is -1.35. The molecule has 0 saturated carbocycles. The molecule has 318 valence electrons. The topological polar surface area (TPSA) is 214 Å². The van der Waals surface area contributed by atoms with Crippen LogP contribution in [0.5, 0.6) is 0 Å². The predicted molar refractivity (Wildman–Crippen MR) is 210 cm³/mol. The number of hydrogen-bond donors (Lipinski definition) is 5. The Balaban J connectivity index is 4.02. The highest BCUT2D eigenvalue weighted by atomic mass is 16.5. The van der Waals surface area contributed by atoms with Gasteiger partial charge in [-0.3, -0.25) is 19.2 Å². The number of carboxylic acids is 2. The number of unbranched alkanes of at least 4 members (excludes halogenated alkanes) is 15. The third-order valence-electron chi connectivity index (χ3n) is 9.28. The van der Waals surface area contributed by atoms with Crippen LogP contribution < -0.4 is 16.0 Å². The number of aliphatic carboxylic acids is 2. The van der Waals surface area contributed by atoms with Crippen molar-refractivity contribution in [2.45, 2.75) is 181 Å². The molecule has 5 N–H and O–H groups in total. The molecule has 0 aromatic heterocycles. The first-order valence-corrected chi connectivity index (χ1v) is 20.6. The van der Waals surface area contributed by atoms with Crippen molar-refractivity contribution in [3.05, 3.63) is 0 Å². The number of hydrogen-bond acceptors (Lipinski definition) is 9. The lowest BCUT2D eigenvalue weighted by molar-refractivity contribution is -0.143. The Bertz CT molecular complexity index is 1120. The second kappa shape index (κ2) is 32.8. The number of ether oxygens (including phenoxy) is 2. The highest BCUT2D eigenvalue weighted by molar-refractivity contribution is 5.86. The summed E-state index contributed by atoms with van der Waals surface area (Å²) in [5.74, 6) is -3.86. The normalized spacial score (nSPS) is 12.4. The lowest BCUT2D eigenvalue weighted by Gasteiger charge is -2.17. The Kier molecular flexibility index (Phi) is 30.8. The Morgan fingerprint density at radius 1 is 0.509 bits per heavy atom. The molecule has 2 atom stereocenters. The zero-order chi connectivity index (χ0) is 41.3. The summed E-state index contributed by atoms with van der Waals surface area (Å²) in [5.41, 5.74) is -0.475. The third-order valence-corrected chi connectivity index (χ3v) is 9.28. The fraction of sp³-hybridized carbons (Fsp3) is 0.829. The first-order valence-electron chi connectivity index (χ1n) is 20.6. The summed E-state index contributed by atoms with van der Waals surface area (Å²) < 4.78 is 10.6. The van der Waals surface area contributed by atoms with Gasteiger partial charge in [-0.05, 0) is 32.6 Å². The van der Waals surface area contributed by atoms with E-state index < -0.39 is 47.2 Å². The zero-order valence-electron chi connectivity index (χ0n) is 34.3. The minimum Gasteiger partial charge on any atom is -0.480 e. The number of nitrogens with one attached hydrogen (secondary N) is 3. The predicted octanol–water partition coefficient (Wildman–Crippen LogP) is 6.06. The molecule has 14 heteroatoms. The fourth-order valence-electron chi connectivity index (χ4n) is 5.69. The molecule has 0 rings (SSSR count). The molecule has 0 bridgehead atoms. The number of carboxylic acid groups (broad SMARTS) is 2. The molecule has 0 unspecified atom stereocenters. The van der Waals surface area contributed by atoms with Crippen LogP contribution in [0.25, 0.3) is 0 Å². The molecule has 0 radical (unpaired) electrons. The number of rotatable bonds is 37. The van der Waals surface area contributed by atoms with Crippen molar-refractivity contribution >= 4 is 41.2 Å². The third kappa shape index (κ3) is 32.6. The summed E-state index contributed by atoms with van der Waals surface area (Å²) in [6.07, 6.45) is 18.4. The Hall–Kier alpha value is -3.39. The van der Waals surface area contributed by atoms with Gasteiger partial charge in [0.15, 0.2) is 5.78 Å². The van der Waals surface area contributed by atoms with E-state index in [1.807, 2.05) is 20.8 Å². The second-order valence-corrected chi connectivity index (χ2v) is 15.5. The van der Waals surface area contributed by atoms with E-state index in [4.69, 9.17) is 9.47 Å². The van der Waals surface area contributed by atoms with Gasteiger partial charge in [-0.2, -0.15) is 0 Å². The van der Waals surface area contributed by atoms with E-state index in [-0.39, 0.29) is 76.6 Å². The maximum atomic E-state index is 12.4. The van der Waals surface area contributed by atoms with Gasteiger partial charge in [0.1, 0.15) is 24.5 Å². The minimum absolute atomic E-state index is 0.00249. The van der Waals surface area contributed by atoms with E-state index in [9.17, 15) is 43.8 Å². The monoisotopic (exact) mass is 784 g/mol. The Morgan fingerprint density at radius 3 is 1.31 bits per heavy atom. The number of amides is 3. The number of ketones is 2. The van der Waals surface area contributed by atoms with Crippen molar-refractivity contribution < 1.29 is 53.2 Å². The maximum Gasteiger partial charge on any atom is 0.326 e. The molecule has 0 aliphatic rings. The van der Waals surface area contributed by atoms with Crippen LogP contribution in [0, 0.1) is 5.41 Å². The summed E-state index contributed by atoms with van der Waals surface area (Å²) in [5, 5.41) is 26.5. The molecule has 0 aliphatic heterocycles. The average Bonchev–Trinajstić information content (AvgIpc) is 3.11. The maximum absolute atomic E-state index is 12.4. The summed E-state index contributed by atoms with van der Waals surface area (Å²) in [6, 6.07) is -2.63. The van der Waals surface area contributed by atoms with Gasteiger partial charge < -0.3 is 40.4 Å². The van der Waals surface area contributed by atoms with Gasteiger partial charge in [0.25, 0.3) is 0 Å². The van der Waals surface area contributed by atoms with Gasteiger partial charge in [0.2, 0.25) is 17.7 Å². The second-order valence-electron chi connectivity index (χ2n) is 15.5. The van der Waals surface area contributed by atoms with E-state index in [0.717, 1.165) is 38.5 Å². The van der Waals surface area contributed by atoms with Gasteiger partial charge in [-0.15, -0.1) is 0 Å². The van der Waals surface area contributed by atoms with Gasteiger partial charge >= 0.3 is 11.9 Å². The molecule has 0 aliphatic carbocycles. The highest BCUT2D eigenvalue weighted by Gasteiger charge is 2.24. The van der Waals surface area contributed by atoms with Gasteiger partial charge in [0.05, 0.1) is 19.8 Å². The SMILES string of the molecule is CC(=O)CCCCCCCCCCCCCCCCCCC(=O)N[C@@H](CCC(=O)N[C@@H](CCC(=O)NCCOCCOCC(=O)C(C)(C)C)C(=O)O)C(=O)O. The molecule has 0 saturated heterocycles. The van der Waals surface area contributed by atoms with Crippen molar-refractivity contribution in [2.24, 2.45) is 5.41 Å². The van der Waals surface area contributed by atoms with Crippen LogP contribution in [-0.2, 0) is 43.0 Å². The van der Waals surface area contributed by atoms with Crippen molar-refractivity contribution in [3.63, 3.8) is 0 Å². The zero-order valence-corrected chi connectivity index (χ0v) is 34.3. The van der Waals surface area contributed by atoms with E-state index in [2.05, 4.69) is 16.0 Å². The smallest absolute Gasteiger partial charge is 0.326 e. The summed E-state index contributed by atoms with van der Waals surface area (Å²) >= 11 is 0. The van der Waals surface area contributed by atoms with Gasteiger partial charge in [0, 0.05) is 37.6 Å². The molecular formula is C41H73N3O11. The van der Waals surface area contributed by atoms with Crippen LogP contribution in [-0.4, -0.2) is 96.5 Å². The molecule has 0 heterocycles. The van der Waals surface area contributed by atoms with E-state index in [0.29, 0.717) is 6.42 Å². The summed E-state index contributed by atoms with van der Waals surface area (Å²) in [6.45, 7) is 7.92. The highest BCUT2D eigenvalue weighted by Crippen LogP contribution is 2.15.